The fourth-order valence-corrected chi connectivity index (χ4v) is 4.72. The van der Waals surface area contributed by atoms with Gasteiger partial charge in [0.15, 0.2) is 5.75 Å². The van der Waals surface area contributed by atoms with Crippen molar-refractivity contribution in [1.82, 2.24) is 9.24 Å². The zero-order valence-electron chi connectivity index (χ0n) is 18.6. The fraction of sp³-hybridized carbons (Fsp3) is 0.417. The molecular formula is C24H29N5O4. The third-order valence-corrected chi connectivity index (χ3v) is 6.69. The highest BCUT2D eigenvalue weighted by atomic mass is 16.5. The first-order chi connectivity index (χ1) is 16.0. The van der Waals surface area contributed by atoms with Gasteiger partial charge in [0.2, 0.25) is 0 Å². The van der Waals surface area contributed by atoms with Crippen LogP contribution in [0, 0.1) is 5.92 Å². The number of methoxy groups -OCH3 is 1. The van der Waals surface area contributed by atoms with Gasteiger partial charge in [0, 0.05) is 25.2 Å². The lowest BCUT2D eigenvalue weighted by Crippen LogP contribution is -2.44. The predicted octanol–water partition coefficient (Wildman–Crippen LogP) is 1.45. The van der Waals surface area contributed by atoms with Gasteiger partial charge < -0.3 is 25.9 Å². The normalized spacial score (nSPS) is 19.1. The summed E-state index contributed by atoms with van der Waals surface area (Å²) in [5.74, 6) is 7.37. The van der Waals surface area contributed by atoms with Crippen LogP contribution in [-0.4, -0.2) is 42.1 Å². The third-order valence-electron chi connectivity index (χ3n) is 6.69. The highest BCUT2D eigenvalue weighted by molar-refractivity contribution is 5.90. The van der Waals surface area contributed by atoms with Crippen molar-refractivity contribution in [3.8, 4) is 11.5 Å². The first-order valence-corrected chi connectivity index (χ1v) is 11.3. The maximum atomic E-state index is 12.8. The smallest absolute Gasteiger partial charge is 0.350 e. The number of nitrogens with two attached hydrogens (primary N) is 2. The maximum Gasteiger partial charge on any atom is 0.350 e. The molecule has 0 amide bonds. The Hall–Kier alpha value is -3.46. The monoisotopic (exact) mass is 451 g/mol. The van der Waals surface area contributed by atoms with Crippen molar-refractivity contribution in [2.24, 2.45) is 11.7 Å². The van der Waals surface area contributed by atoms with Crippen LogP contribution in [0.3, 0.4) is 0 Å². The van der Waals surface area contributed by atoms with Gasteiger partial charge in [-0.15, -0.1) is 0 Å². The molecule has 2 fully saturated rings. The fourth-order valence-electron chi connectivity index (χ4n) is 4.72. The summed E-state index contributed by atoms with van der Waals surface area (Å²) in [7, 11) is 1.57. The molecule has 2 aliphatic rings. The van der Waals surface area contributed by atoms with Gasteiger partial charge in [-0.2, -0.15) is 4.68 Å². The second-order valence-electron chi connectivity index (χ2n) is 8.86. The molecule has 2 atom stereocenters. The molecule has 9 nitrogen and oxygen atoms in total. The molecule has 1 aliphatic heterocycles. The molecule has 1 saturated carbocycles. The summed E-state index contributed by atoms with van der Waals surface area (Å²) >= 11 is 0. The van der Waals surface area contributed by atoms with Gasteiger partial charge in [-0.3, -0.25) is 9.36 Å². The number of nitrogens with zero attached hydrogens (tertiary/aromatic N) is 3. The number of para-hydroxylation sites is 1. The van der Waals surface area contributed by atoms with E-state index < -0.39 is 11.2 Å². The van der Waals surface area contributed by atoms with Crippen LogP contribution >= 0.6 is 0 Å². The lowest BCUT2D eigenvalue weighted by Gasteiger charge is -2.25. The molecule has 2 heterocycles. The predicted molar refractivity (Wildman–Crippen MR) is 128 cm³/mol. The standard InChI is InChI=1S/C24H29N5O4/c1-32-22-20(10-9-18-21(22)28(16-7-8-16)24(31)29(26)23(18)30)27-12-11-15(13-27)19(25)14-33-17-5-3-2-4-6-17/h2-6,9-10,15-16,19H,7-8,11-14,25-26H2,1H3/t15?,19-/m1/s1. The van der Waals surface area contributed by atoms with Crippen LogP contribution in [0.2, 0.25) is 0 Å². The third kappa shape index (κ3) is 3.82. The van der Waals surface area contributed by atoms with Gasteiger partial charge >= 0.3 is 5.69 Å². The van der Waals surface area contributed by atoms with Crippen LogP contribution in [0.15, 0.2) is 52.1 Å². The van der Waals surface area contributed by atoms with Crippen LogP contribution in [0.5, 0.6) is 11.5 Å². The van der Waals surface area contributed by atoms with Crippen molar-refractivity contribution in [1.29, 1.82) is 0 Å². The Morgan fingerprint density at radius 3 is 2.55 bits per heavy atom. The second kappa shape index (κ2) is 8.47. The highest BCUT2D eigenvalue weighted by Crippen LogP contribution is 2.42. The minimum Gasteiger partial charge on any atom is -0.492 e. The molecule has 4 N–H and O–H groups in total. The van der Waals surface area contributed by atoms with E-state index in [9.17, 15) is 9.59 Å². The zero-order chi connectivity index (χ0) is 23.1. The number of benzene rings is 2. The van der Waals surface area contributed by atoms with E-state index in [2.05, 4.69) is 4.90 Å². The average molecular weight is 452 g/mol. The van der Waals surface area contributed by atoms with Crippen LogP contribution in [0.4, 0.5) is 5.69 Å². The van der Waals surface area contributed by atoms with Crippen LogP contribution < -0.4 is 37.2 Å². The number of hydrogen-bond donors (Lipinski definition) is 2. The van der Waals surface area contributed by atoms with Crippen molar-refractivity contribution in [2.75, 3.05) is 37.5 Å². The average Bonchev–Trinajstić information content (AvgIpc) is 3.55. The number of nitrogen functional groups attached to an aromatic ring is 1. The maximum absolute atomic E-state index is 12.8. The van der Waals surface area contributed by atoms with E-state index in [-0.39, 0.29) is 18.0 Å². The van der Waals surface area contributed by atoms with E-state index in [1.165, 1.54) is 0 Å². The Morgan fingerprint density at radius 2 is 1.85 bits per heavy atom. The number of fused-ring (bicyclic) bond motifs is 1. The summed E-state index contributed by atoms with van der Waals surface area (Å²) in [6.45, 7) is 1.98. The quantitative estimate of drug-likeness (QED) is 0.522. The SMILES string of the molecule is COc1c(N2CCC([C@H](N)COc3ccccc3)C2)ccc2c(=O)n(N)c(=O)n(C3CC3)c12. The highest BCUT2D eigenvalue weighted by Gasteiger charge is 2.33. The van der Waals surface area contributed by atoms with Crippen LogP contribution in [-0.2, 0) is 0 Å². The number of rotatable bonds is 7. The molecule has 2 aromatic carbocycles. The largest absolute Gasteiger partial charge is 0.492 e. The van der Waals surface area contributed by atoms with Gasteiger partial charge in [-0.1, -0.05) is 18.2 Å². The van der Waals surface area contributed by atoms with Crippen molar-refractivity contribution in [3.63, 3.8) is 0 Å². The van der Waals surface area contributed by atoms with Gasteiger partial charge in [0.25, 0.3) is 5.56 Å². The van der Waals surface area contributed by atoms with Gasteiger partial charge in [-0.05, 0) is 49.4 Å². The molecule has 3 aromatic rings. The Balaban J connectivity index is 1.43. The molecule has 0 bridgehead atoms. The van der Waals surface area contributed by atoms with Crippen molar-refractivity contribution in [2.45, 2.75) is 31.3 Å². The molecule has 1 unspecified atom stereocenters. The molecule has 0 radical (unpaired) electrons. The Bertz CT molecular complexity index is 1280. The van der Waals surface area contributed by atoms with E-state index in [0.29, 0.717) is 27.9 Å². The van der Waals surface area contributed by atoms with Crippen LogP contribution in [0.1, 0.15) is 25.3 Å². The molecule has 33 heavy (non-hydrogen) atoms. The molecule has 5 rings (SSSR count). The lowest BCUT2D eigenvalue weighted by atomic mass is 10.0. The molecule has 9 heteroatoms. The summed E-state index contributed by atoms with van der Waals surface area (Å²) < 4.78 is 14.0. The summed E-state index contributed by atoms with van der Waals surface area (Å²) in [4.78, 5) is 27.7. The van der Waals surface area contributed by atoms with Crippen molar-refractivity contribution in [3.05, 3.63) is 63.3 Å². The first-order valence-electron chi connectivity index (χ1n) is 11.3. The number of anilines is 1. The molecule has 1 aromatic heterocycles. The van der Waals surface area contributed by atoms with Gasteiger partial charge in [-0.25, -0.2) is 4.79 Å². The summed E-state index contributed by atoms with van der Waals surface area (Å²) in [6.07, 6.45) is 2.67. The minimum absolute atomic E-state index is 0.0365. The minimum atomic E-state index is -0.517. The molecule has 174 valence electrons. The van der Waals surface area contributed by atoms with E-state index >= 15 is 0 Å². The van der Waals surface area contributed by atoms with Crippen molar-refractivity contribution >= 4 is 16.6 Å². The summed E-state index contributed by atoms with van der Waals surface area (Å²) in [5, 5.41) is 0.383. The topological polar surface area (TPSA) is 118 Å². The van der Waals surface area contributed by atoms with Crippen molar-refractivity contribution < 1.29 is 9.47 Å². The molecular weight excluding hydrogens is 422 g/mol. The number of ether oxygens (including phenoxy) is 2. The van der Waals surface area contributed by atoms with E-state index in [1.807, 2.05) is 36.4 Å². The Labute approximate surface area is 191 Å². The van der Waals surface area contributed by atoms with E-state index in [4.69, 9.17) is 21.1 Å². The summed E-state index contributed by atoms with van der Waals surface area (Å²) in [5.41, 5.74) is 6.82. The Morgan fingerprint density at radius 1 is 1.09 bits per heavy atom. The lowest BCUT2D eigenvalue weighted by molar-refractivity contribution is 0.253. The Kier molecular flexibility index (Phi) is 5.49. The number of hydrogen-bond acceptors (Lipinski definition) is 7. The van der Waals surface area contributed by atoms with Gasteiger partial charge in [0.05, 0.1) is 18.2 Å². The molecule has 0 spiro atoms. The van der Waals surface area contributed by atoms with E-state index in [0.717, 1.165) is 43.8 Å². The second-order valence-corrected chi connectivity index (χ2v) is 8.86. The zero-order valence-corrected chi connectivity index (χ0v) is 18.6. The number of aromatic nitrogens is 2. The summed E-state index contributed by atoms with van der Waals surface area (Å²) in [6, 6.07) is 13.2. The van der Waals surface area contributed by atoms with Gasteiger partial charge in [0.1, 0.15) is 17.9 Å². The molecule has 1 aliphatic carbocycles. The first kappa shape index (κ1) is 21.4. The van der Waals surface area contributed by atoms with E-state index in [1.54, 1.807) is 17.7 Å². The molecule has 1 saturated heterocycles. The van der Waals surface area contributed by atoms with Crippen LogP contribution in [0.25, 0.3) is 10.9 Å².